The third-order valence-corrected chi connectivity index (χ3v) is 8.96. The first kappa shape index (κ1) is 29.2. The summed E-state index contributed by atoms with van der Waals surface area (Å²) < 4.78 is 0. The van der Waals surface area contributed by atoms with Crippen LogP contribution >= 0.6 is 23.5 Å². The quantitative estimate of drug-likeness (QED) is 0.212. The summed E-state index contributed by atoms with van der Waals surface area (Å²) in [7, 11) is 0. The van der Waals surface area contributed by atoms with Crippen LogP contribution in [0.1, 0.15) is 74.9 Å². The van der Waals surface area contributed by atoms with E-state index in [1.807, 2.05) is 12.1 Å². The van der Waals surface area contributed by atoms with Crippen molar-refractivity contribution in [3.63, 3.8) is 0 Å². The van der Waals surface area contributed by atoms with E-state index in [0.29, 0.717) is 17.9 Å². The highest BCUT2D eigenvalue weighted by atomic mass is 32.2. The maximum atomic E-state index is 11.4. The van der Waals surface area contributed by atoms with E-state index in [-0.39, 0.29) is 10.8 Å². The molecule has 0 radical (unpaired) electrons. The molecular weight excluding hydrogens is 517 g/mol. The average molecular weight is 557 g/mol. The van der Waals surface area contributed by atoms with Gasteiger partial charge in [-0.05, 0) is 68.5 Å². The monoisotopic (exact) mass is 556 g/mol. The molecule has 0 heterocycles. The highest BCUT2D eigenvalue weighted by Crippen LogP contribution is 2.41. The number of benzene rings is 4. The third-order valence-electron chi connectivity index (χ3n) is 6.79. The Bertz CT molecular complexity index is 1290. The molecule has 4 aromatic carbocycles. The summed E-state index contributed by atoms with van der Waals surface area (Å²) in [5.74, 6) is 2.29. The number of rotatable bonds is 8. The number of hydrogen-bond acceptors (Lipinski definition) is 4. The molecule has 0 bridgehead atoms. The number of phenolic OH excluding ortho intramolecular Hbond substituents is 2. The molecule has 0 saturated heterocycles. The molecule has 2 nitrogen and oxygen atoms in total. The number of aromatic hydroxyl groups is 2. The van der Waals surface area contributed by atoms with Crippen LogP contribution in [-0.2, 0) is 28.8 Å². The normalized spacial score (nSPS) is 12.1. The second kappa shape index (κ2) is 12.1. The number of hydrogen-bond donors (Lipinski definition) is 2. The van der Waals surface area contributed by atoms with Crippen LogP contribution in [0.15, 0.2) is 94.7 Å². The van der Waals surface area contributed by atoms with E-state index >= 15 is 0 Å². The van der Waals surface area contributed by atoms with Crippen LogP contribution in [0.2, 0.25) is 0 Å². The lowest BCUT2D eigenvalue weighted by Gasteiger charge is -2.25. The summed E-state index contributed by atoms with van der Waals surface area (Å²) in [6.45, 7) is 12.8. The van der Waals surface area contributed by atoms with Crippen molar-refractivity contribution in [1.29, 1.82) is 0 Å². The van der Waals surface area contributed by atoms with Crippen molar-refractivity contribution in [2.45, 2.75) is 80.1 Å². The molecule has 4 aromatic rings. The van der Waals surface area contributed by atoms with E-state index in [2.05, 4.69) is 114 Å². The van der Waals surface area contributed by atoms with Crippen LogP contribution in [0, 0.1) is 0 Å². The molecule has 0 aliphatic heterocycles. The molecule has 0 aliphatic carbocycles. The first-order chi connectivity index (χ1) is 18.4. The summed E-state index contributed by atoms with van der Waals surface area (Å²) in [4.78, 5) is 2.45. The number of thioether (sulfide) groups is 2. The van der Waals surface area contributed by atoms with E-state index in [4.69, 9.17) is 0 Å². The smallest absolute Gasteiger partial charge is 0.122 e. The summed E-state index contributed by atoms with van der Waals surface area (Å²) in [5, 5.41) is 22.9. The maximum Gasteiger partial charge on any atom is 0.122 e. The Labute approximate surface area is 242 Å². The zero-order valence-electron chi connectivity index (χ0n) is 23.9. The lowest BCUT2D eigenvalue weighted by atomic mass is 9.81. The zero-order chi connectivity index (χ0) is 28.2. The molecule has 4 heteroatoms. The van der Waals surface area contributed by atoms with Gasteiger partial charge in [0.25, 0.3) is 0 Å². The van der Waals surface area contributed by atoms with Crippen LogP contribution < -0.4 is 0 Å². The predicted molar refractivity (Wildman–Crippen MR) is 168 cm³/mol. The van der Waals surface area contributed by atoms with Crippen LogP contribution in [0.3, 0.4) is 0 Å². The fraction of sp³-hybridized carbons (Fsp3) is 0.314. The zero-order valence-corrected chi connectivity index (χ0v) is 25.5. The SMILES string of the molecule is CC(C)(C)c1cc(CSc2ccccc2)cc(Cc2cc(CSc3ccccc3)cc(C(C)(C)C)c2O)c1O. The lowest BCUT2D eigenvalue weighted by molar-refractivity contribution is 0.435. The van der Waals surface area contributed by atoms with Gasteiger partial charge in [-0.3, -0.25) is 0 Å². The van der Waals surface area contributed by atoms with Crippen molar-refractivity contribution < 1.29 is 10.2 Å². The molecule has 0 atom stereocenters. The van der Waals surface area contributed by atoms with Crippen molar-refractivity contribution >= 4 is 23.5 Å². The summed E-state index contributed by atoms with van der Waals surface area (Å²) in [6, 6.07) is 29.3. The Morgan fingerprint density at radius 2 is 0.897 bits per heavy atom. The van der Waals surface area contributed by atoms with E-state index in [9.17, 15) is 10.2 Å². The minimum Gasteiger partial charge on any atom is -0.507 e. The Morgan fingerprint density at radius 3 is 1.23 bits per heavy atom. The van der Waals surface area contributed by atoms with Crippen LogP contribution in [-0.4, -0.2) is 10.2 Å². The number of phenols is 2. The minimum atomic E-state index is -0.209. The van der Waals surface area contributed by atoms with E-state index < -0.39 is 0 Å². The Morgan fingerprint density at radius 1 is 0.538 bits per heavy atom. The predicted octanol–water partition coefficient (Wildman–Crippen LogP) is 9.87. The van der Waals surface area contributed by atoms with Gasteiger partial charge in [-0.25, -0.2) is 0 Å². The van der Waals surface area contributed by atoms with Crippen molar-refractivity contribution in [2.75, 3.05) is 0 Å². The molecule has 204 valence electrons. The third kappa shape index (κ3) is 7.64. The summed E-state index contributed by atoms with van der Waals surface area (Å²) >= 11 is 3.59. The second-order valence-electron chi connectivity index (χ2n) is 12.2. The molecule has 0 unspecified atom stereocenters. The molecule has 0 aromatic heterocycles. The molecular formula is C35H40O2S2. The van der Waals surface area contributed by atoms with Gasteiger partial charge in [-0.1, -0.05) is 102 Å². The first-order valence-electron chi connectivity index (χ1n) is 13.5. The van der Waals surface area contributed by atoms with E-state index in [0.717, 1.165) is 33.8 Å². The van der Waals surface area contributed by atoms with Crippen LogP contribution in [0.25, 0.3) is 0 Å². The molecule has 2 N–H and O–H groups in total. The van der Waals surface area contributed by atoms with Gasteiger partial charge in [-0.2, -0.15) is 0 Å². The largest absolute Gasteiger partial charge is 0.507 e. The maximum absolute atomic E-state index is 11.4. The standard InChI is InChI=1S/C35H40O2S2/c1-34(2,3)30-19-24(22-38-28-13-9-7-10-14-28)17-26(32(30)36)21-27-18-25(20-31(33(27)37)35(4,5)6)23-39-29-15-11-8-12-16-29/h7-20,36-37H,21-23H2,1-6H3. The van der Waals surface area contributed by atoms with Crippen LogP contribution in [0.4, 0.5) is 0 Å². The first-order valence-corrected chi connectivity index (χ1v) is 15.4. The molecule has 39 heavy (non-hydrogen) atoms. The van der Waals surface area contributed by atoms with Gasteiger partial charge in [0, 0.05) is 27.7 Å². The van der Waals surface area contributed by atoms with Gasteiger partial charge in [0.2, 0.25) is 0 Å². The molecule has 0 amide bonds. The van der Waals surface area contributed by atoms with Gasteiger partial charge in [0.1, 0.15) is 11.5 Å². The lowest BCUT2D eigenvalue weighted by Crippen LogP contribution is -2.14. The van der Waals surface area contributed by atoms with Gasteiger partial charge in [0.05, 0.1) is 0 Å². The Kier molecular flexibility index (Phi) is 9.08. The minimum absolute atomic E-state index is 0.209. The van der Waals surface area contributed by atoms with Crippen LogP contribution in [0.5, 0.6) is 11.5 Å². The summed E-state index contributed by atoms with van der Waals surface area (Å²) in [5.41, 5.74) is 5.52. The Balaban J connectivity index is 1.71. The van der Waals surface area contributed by atoms with Gasteiger partial charge < -0.3 is 10.2 Å². The van der Waals surface area contributed by atoms with Crippen molar-refractivity contribution in [1.82, 2.24) is 0 Å². The fourth-order valence-electron chi connectivity index (χ4n) is 4.67. The van der Waals surface area contributed by atoms with Crippen molar-refractivity contribution in [2.24, 2.45) is 0 Å². The topological polar surface area (TPSA) is 40.5 Å². The average Bonchev–Trinajstić information content (AvgIpc) is 2.89. The second-order valence-corrected chi connectivity index (χ2v) is 14.3. The van der Waals surface area contributed by atoms with Gasteiger partial charge in [0.15, 0.2) is 0 Å². The fourth-order valence-corrected chi connectivity index (χ4v) is 6.37. The van der Waals surface area contributed by atoms with Crippen molar-refractivity contribution in [3.05, 3.63) is 118 Å². The molecule has 0 spiro atoms. The Hall–Kier alpha value is -2.82. The molecule has 4 rings (SSSR count). The van der Waals surface area contributed by atoms with Gasteiger partial charge in [-0.15, -0.1) is 23.5 Å². The molecule has 0 fully saturated rings. The molecule has 0 saturated carbocycles. The van der Waals surface area contributed by atoms with Crippen molar-refractivity contribution in [3.8, 4) is 11.5 Å². The molecule has 0 aliphatic rings. The van der Waals surface area contributed by atoms with E-state index in [1.165, 1.54) is 20.9 Å². The summed E-state index contributed by atoms with van der Waals surface area (Å²) in [6.07, 6.45) is 0.470. The van der Waals surface area contributed by atoms with Gasteiger partial charge >= 0.3 is 0 Å². The van der Waals surface area contributed by atoms with E-state index in [1.54, 1.807) is 23.5 Å². The highest BCUT2D eigenvalue weighted by Gasteiger charge is 2.25. The highest BCUT2D eigenvalue weighted by molar-refractivity contribution is 7.98.